The highest BCUT2D eigenvalue weighted by atomic mass is 16.5. The molecule has 7 nitrogen and oxygen atoms in total. The molecule has 0 spiro atoms. The lowest BCUT2D eigenvalue weighted by Gasteiger charge is -2.32. The van der Waals surface area contributed by atoms with Crippen LogP contribution in [0.25, 0.3) is 0 Å². The average molecular weight is 369 g/mol. The second-order valence-electron chi connectivity index (χ2n) is 6.52. The number of piperazine rings is 1. The summed E-state index contributed by atoms with van der Waals surface area (Å²) in [6.07, 6.45) is 3.22. The van der Waals surface area contributed by atoms with Crippen LogP contribution in [0.15, 0.2) is 48.8 Å². The molecule has 0 aliphatic carbocycles. The summed E-state index contributed by atoms with van der Waals surface area (Å²) in [5.74, 6) is 0.651. The third-order valence-electron chi connectivity index (χ3n) is 4.78. The van der Waals surface area contributed by atoms with Gasteiger partial charge in [-0.25, -0.2) is 0 Å². The monoisotopic (exact) mass is 369 g/mol. The Balaban J connectivity index is 1.42. The minimum Gasteiger partial charge on any atom is -0.497 e. The number of nitrogens with zero attached hydrogens (tertiary/aromatic N) is 2. The van der Waals surface area contributed by atoms with Gasteiger partial charge in [-0.3, -0.25) is 14.6 Å². The molecule has 0 saturated carbocycles. The van der Waals surface area contributed by atoms with Gasteiger partial charge in [0.15, 0.2) is 0 Å². The van der Waals surface area contributed by atoms with Gasteiger partial charge in [0.05, 0.1) is 46.4 Å². The molecule has 0 bridgehead atoms. The Kier molecular flexibility index (Phi) is 6.38. The normalized spacial score (nSPS) is 14.6. The lowest BCUT2D eigenvalue weighted by atomic mass is 10.1. The molecule has 1 aliphatic heterocycles. The second kappa shape index (κ2) is 9.14. The van der Waals surface area contributed by atoms with Crippen LogP contribution < -0.4 is 15.0 Å². The van der Waals surface area contributed by atoms with Gasteiger partial charge in [0, 0.05) is 23.5 Å². The topological polar surface area (TPSA) is 76.0 Å². The van der Waals surface area contributed by atoms with E-state index in [9.17, 15) is 9.59 Å². The van der Waals surface area contributed by atoms with Crippen molar-refractivity contribution in [2.24, 2.45) is 0 Å². The standard InChI is InChI=1S/C20H24N4O3/c1-27-18-4-2-3-17(15-18)20(26)24-13-11-23(12-14-24)10-9-22-19(25)16-5-7-21-8-6-16/h2-8,15H,9-14H2,1H3,(H,22,25)/p+1. The average Bonchev–Trinajstić information content (AvgIpc) is 2.74. The first-order chi connectivity index (χ1) is 13.2. The SMILES string of the molecule is COc1cccc(C(=O)N2CC[NH+](CCNC(=O)c3ccncc3)CC2)c1. The van der Waals surface area contributed by atoms with Gasteiger partial charge >= 0.3 is 0 Å². The van der Waals surface area contributed by atoms with E-state index in [1.54, 1.807) is 37.7 Å². The van der Waals surface area contributed by atoms with Gasteiger partial charge in [-0.05, 0) is 30.3 Å². The van der Waals surface area contributed by atoms with Crippen LogP contribution in [-0.2, 0) is 0 Å². The lowest BCUT2D eigenvalue weighted by Crippen LogP contribution is -3.15. The van der Waals surface area contributed by atoms with Crippen molar-refractivity contribution < 1.29 is 19.2 Å². The number of quaternary nitrogens is 1. The smallest absolute Gasteiger partial charge is 0.254 e. The molecule has 27 heavy (non-hydrogen) atoms. The van der Waals surface area contributed by atoms with E-state index in [-0.39, 0.29) is 11.8 Å². The number of rotatable bonds is 6. The van der Waals surface area contributed by atoms with Gasteiger partial charge in [0.1, 0.15) is 5.75 Å². The maximum atomic E-state index is 12.6. The molecule has 7 heteroatoms. The van der Waals surface area contributed by atoms with Crippen molar-refractivity contribution in [1.29, 1.82) is 0 Å². The predicted molar refractivity (Wildman–Crippen MR) is 101 cm³/mol. The van der Waals surface area contributed by atoms with Gasteiger partial charge in [-0.1, -0.05) is 6.07 Å². The first-order valence-electron chi connectivity index (χ1n) is 9.12. The summed E-state index contributed by atoms with van der Waals surface area (Å²) in [4.78, 5) is 31.8. The van der Waals surface area contributed by atoms with E-state index in [4.69, 9.17) is 4.74 Å². The highest BCUT2D eigenvalue weighted by Gasteiger charge is 2.24. The van der Waals surface area contributed by atoms with E-state index in [2.05, 4.69) is 10.3 Å². The van der Waals surface area contributed by atoms with Crippen LogP contribution in [0.5, 0.6) is 5.75 Å². The van der Waals surface area contributed by atoms with Crippen LogP contribution in [-0.4, -0.2) is 68.1 Å². The van der Waals surface area contributed by atoms with E-state index < -0.39 is 0 Å². The molecule has 0 unspecified atom stereocenters. The maximum Gasteiger partial charge on any atom is 0.254 e. The minimum absolute atomic E-state index is 0.0407. The van der Waals surface area contributed by atoms with Gasteiger partial charge in [-0.2, -0.15) is 0 Å². The summed E-state index contributed by atoms with van der Waals surface area (Å²) in [6, 6.07) is 10.7. The summed E-state index contributed by atoms with van der Waals surface area (Å²) in [5.41, 5.74) is 1.27. The molecule has 1 saturated heterocycles. The molecule has 1 aromatic heterocycles. The van der Waals surface area contributed by atoms with E-state index in [0.29, 0.717) is 36.5 Å². The fourth-order valence-corrected chi connectivity index (χ4v) is 3.17. The summed E-state index contributed by atoms with van der Waals surface area (Å²) in [6.45, 7) is 4.63. The van der Waals surface area contributed by atoms with Crippen LogP contribution in [0.1, 0.15) is 20.7 Å². The molecule has 142 valence electrons. The molecule has 0 radical (unpaired) electrons. The van der Waals surface area contributed by atoms with E-state index in [1.807, 2.05) is 23.1 Å². The van der Waals surface area contributed by atoms with E-state index >= 15 is 0 Å². The summed E-state index contributed by atoms with van der Waals surface area (Å²) in [5, 5.41) is 2.94. The molecule has 3 rings (SSSR count). The third-order valence-corrected chi connectivity index (χ3v) is 4.78. The highest BCUT2D eigenvalue weighted by molar-refractivity contribution is 5.94. The van der Waals surface area contributed by atoms with Gasteiger partial charge in [-0.15, -0.1) is 0 Å². The minimum atomic E-state index is -0.0800. The number of carbonyl (C=O) groups excluding carboxylic acids is 2. The number of pyridine rings is 1. The Morgan fingerprint density at radius 1 is 1.15 bits per heavy atom. The number of nitrogens with one attached hydrogen (secondary N) is 2. The zero-order valence-corrected chi connectivity index (χ0v) is 15.5. The zero-order chi connectivity index (χ0) is 19.1. The predicted octanol–water partition coefficient (Wildman–Crippen LogP) is -0.139. The van der Waals surface area contributed by atoms with Gasteiger partial charge in [0.2, 0.25) is 0 Å². The lowest BCUT2D eigenvalue weighted by molar-refractivity contribution is -0.902. The van der Waals surface area contributed by atoms with Crippen molar-refractivity contribution >= 4 is 11.8 Å². The molecule has 2 amide bonds. The molecule has 1 fully saturated rings. The number of methoxy groups -OCH3 is 1. The van der Waals surface area contributed by atoms with Crippen LogP contribution in [0.2, 0.25) is 0 Å². The van der Waals surface area contributed by atoms with Gasteiger partial charge in [0.25, 0.3) is 11.8 Å². The number of ether oxygens (including phenoxy) is 1. The molecule has 2 aromatic rings. The first-order valence-corrected chi connectivity index (χ1v) is 9.12. The number of hydrogen-bond acceptors (Lipinski definition) is 4. The van der Waals surface area contributed by atoms with Crippen molar-refractivity contribution in [2.75, 3.05) is 46.4 Å². The first kappa shape index (κ1) is 18.8. The molecular weight excluding hydrogens is 344 g/mol. The number of benzene rings is 1. The fraction of sp³-hybridized carbons (Fsp3) is 0.350. The summed E-state index contributed by atoms with van der Waals surface area (Å²) >= 11 is 0. The second-order valence-corrected chi connectivity index (χ2v) is 6.52. The van der Waals surface area contributed by atoms with Crippen LogP contribution in [0.4, 0.5) is 0 Å². The third kappa shape index (κ3) is 5.04. The van der Waals surface area contributed by atoms with Crippen LogP contribution in [0, 0.1) is 0 Å². The quantitative estimate of drug-likeness (QED) is 0.743. The molecule has 1 aromatic carbocycles. The largest absolute Gasteiger partial charge is 0.497 e. The van der Waals surface area contributed by atoms with Crippen molar-refractivity contribution in [3.8, 4) is 5.75 Å². The number of aromatic nitrogens is 1. The molecule has 2 N–H and O–H groups in total. The van der Waals surface area contributed by atoms with Crippen LogP contribution in [0.3, 0.4) is 0 Å². The van der Waals surface area contributed by atoms with Crippen molar-refractivity contribution in [3.05, 3.63) is 59.9 Å². The summed E-state index contributed by atoms with van der Waals surface area (Å²) < 4.78 is 5.19. The molecular formula is C20H25N4O3+. The number of amides is 2. The van der Waals surface area contributed by atoms with E-state index in [1.165, 1.54) is 4.90 Å². The molecule has 0 atom stereocenters. The molecule has 2 heterocycles. The van der Waals surface area contributed by atoms with Crippen molar-refractivity contribution in [2.45, 2.75) is 0 Å². The van der Waals surface area contributed by atoms with Crippen molar-refractivity contribution in [1.82, 2.24) is 15.2 Å². The number of carbonyl (C=O) groups is 2. The zero-order valence-electron chi connectivity index (χ0n) is 15.5. The Labute approximate surface area is 158 Å². The Bertz CT molecular complexity index is 774. The Morgan fingerprint density at radius 3 is 2.59 bits per heavy atom. The summed E-state index contributed by atoms with van der Waals surface area (Å²) in [7, 11) is 1.60. The highest BCUT2D eigenvalue weighted by Crippen LogP contribution is 2.14. The maximum absolute atomic E-state index is 12.6. The van der Waals surface area contributed by atoms with Crippen molar-refractivity contribution in [3.63, 3.8) is 0 Å². The van der Waals surface area contributed by atoms with E-state index in [0.717, 1.165) is 19.6 Å². The molecule has 1 aliphatic rings. The fourth-order valence-electron chi connectivity index (χ4n) is 3.17. The Hall–Kier alpha value is -2.93. The number of hydrogen-bond donors (Lipinski definition) is 2. The Morgan fingerprint density at radius 2 is 1.89 bits per heavy atom. The van der Waals surface area contributed by atoms with Gasteiger partial charge < -0.3 is 19.9 Å². The van der Waals surface area contributed by atoms with Crippen LogP contribution >= 0.6 is 0 Å².